The molecular weight excluding hydrogens is 723 g/mol. The highest BCUT2D eigenvalue weighted by molar-refractivity contribution is 6.03. The van der Waals surface area contributed by atoms with E-state index < -0.39 is 29.4 Å². The number of carbonyl (C=O) groups excluding carboxylic acids is 1. The third-order valence-corrected chi connectivity index (χ3v) is 11.6. The Bertz CT molecular complexity index is 1690. The number of benzene rings is 2. The lowest BCUT2D eigenvalue weighted by Crippen LogP contribution is -2.70. The summed E-state index contributed by atoms with van der Waals surface area (Å²) in [6.45, 7) is 16.7. The van der Waals surface area contributed by atoms with Crippen LogP contribution in [0.25, 0.3) is 0 Å². The van der Waals surface area contributed by atoms with Crippen molar-refractivity contribution in [2.45, 2.75) is 109 Å². The molecule has 2 aromatic carbocycles. The number of allylic oxidation sites excluding steroid dienone is 1. The predicted molar refractivity (Wildman–Crippen MR) is 221 cm³/mol. The Morgan fingerprint density at radius 2 is 1.82 bits per heavy atom. The van der Waals surface area contributed by atoms with E-state index >= 15 is 0 Å². The molecule has 4 aliphatic rings. The largest absolute Gasteiger partial charge is 0.492 e. The standard InChI is InChI=1S/C46H65N3O8/c1-6-21-49(44(52)54-32-33-15-9-8-10-16-33)41-31-39(47-57-45(3,4)5)37-29-34(17-11-13-25-50)36(18-12-14-26-51)42-38-30-35(53-28-24-48-22-23-48)19-20-40(38)56-46(41,43(37)42)55-27-7-2/h7-10,15-16,19-20,29-30,34,36,41-43,50-51H,2,6,11-14,17-18,21-28,31-32H2,1,3-5H3. The maximum atomic E-state index is 14.5. The van der Waals surface area contributed by atoms with E-state index in [1.165, 1.54) is 0 Å². The molecule has 57 heavy (non-hydrogen) atoms. The van der Waals surface area contributed by atoms with E-state index in [9.17, 15) is 15.0 Å². The van der Waals surface area contributed by atoms with Gasteiger partial charge in [0.1, 0.15) is 36.4 Å². The number of aliphatic hydroxyl groups is 2. The molecular formula is C46H65N3O8. The molecule has 6 atom stereocenters. The zero-order valence-electron chi connectivity index (χ0n) is 34.6. The second kappa shape index (κ2) is 19.7. The Kier molecular flexibility index (Phi) is 14.8. The highest BCUT2D eigenvalue weighted by Gasteiger charge is 2.65. The number of nitrogens with zero attached hydrogens (tertiary/aromatic N) is 3. The van der Waals surface area contributed by atoms with Gasteiger partial charge in [0.15, 0.2) is 0 Å². The van der Waals surface area contributed by atoms with E-state index in [1.807, 2.05) is 63.2 Å². The molecule has 0 radical (unpaired) electrons. The van der Waals surface area contributed by atoms with Crippen LogP contribution in [0.5, 0.6) is 11.5 Å². The Hall–Kier alpha value is -3.90. The number of hydrogen-bond acceptors (Lipinski definition) is 10. The van der Waals surface area contributed by atoms with Gasteiger partial charge in [0, 0.05) is 57.3 Å². The first-order valence-corrected chi connectivity index (χ1v) is 21.2. The van der Waals surface area contributed by atoms with Gasteiger partial charge in [0.2, 0.25) is 5.79 Å². The fourth-order valence-electron chi connectivity index (χ4n) is 8.93. The van der Waals surface area contributed by atoms with Gasteiger partial charge in [-0.1, -0.05) is 67.4 Å². The third kappa shape index (κ3) is 10.4. The fourth-order valence-corrected chi connectivity index (χ4v) is 8.93. The van der Waals surface area contributed by atoms with Gasteiger partial charge >= 0.3 is 6.09 Å². The Morgan fingerprint density at radius 1 is 1.07 bits per heavy atom. The van der Waals surface area contributed by atoms with Crippen LogP contribution in [0.15, 0.2) is 78.0 Å². The number of ether oxygens (including phenoxy) is 4. The van der Waals surface area contributed by atoms with Gasteiger partial charge in [-0.3, -0.25) is 9.80 Å². The number of carbonyl (C=O) groups is 1. The summed E-state index contributed by atoms with van der Waals surface area (Å²) in [4.78, 5) is 24.8. The van der Waals surface area contributed by atoms with E-state index in [0.717, 1.165) is 73.5 Å². The zero-order valence-corrected chi connectivity index (χ0v) is 34.6. The van der Waals surface area contributed by atoms with Crippen molar-refractivity contribution in [1.82, 2.24) is 9.80 Å². The van der Waals surface area contributed by atoms with Crippen LogP contribution >= 0.6 is 0 Å². The topological polar surface area (TPSA) is 122 Å². The number of hydrogen-bond donors (Lipinski definition) is 2. The first-order chi connectivity index (χ1) is 27.6. The maximum absolute atomic E-state index is 14.5. The lowest BCUT2D eigenvalue weighted by Gasteiger charge is -2.60. The van der Waals surface area contributed by atoms with Gasteiger partial charge in [0.05, 0.1) is 18.2 Å². The minimum absolute atomic E-state index is 0.123. The van der Waals surface area contributed by atoms with Crippen molar-refractivity contribution < 1.29 is 38.8 Å². The zero-order chi connectivity index (χ0) is 40.4. The highest BCUT2D eigenvalue weighted by atomic mass is 16.7. The molecule has 2 N–H and O–H groups in total. The minimum atomic E-state index is -1.34. The molecule has 6 rings (SSSR count). The van der Waals surface area contributed by atoms with E-state index in [-0.39, 0.29) is 44.2 Å². The van der Waals surface area contributed by atoms with Crippen molar-refractivity contribution in [2.75, 3.05) is 52.6 Å². The van der Waals surface area contributed by atoms with E-state index in [1.54, 1.807) is 11.0 Å². The summed E-state index contributed by atoms with van der Waals surface area (Å²) >= 11 is 0. The number of unbranched alkanes of at least 4 members (excludes halogenated alkanes) is 2. The van der Waals surface area contributed by atoms with Gasteiger partial charge < -0.3 is 34.0 Å². The van der Waals surface area contributed by atoms with Crippen molar-refractivity contribution in [1.29, 1.82) is 0 Å². The van der Waals surface area contributed by atoms with Crippen LogP contribution in [0.4, 0.5) is 4.79 Å². The first kappa shape index (κ1) is 42.7. The normalized spacial score (nSPS) is 25.8. The molecule has 2 aliphatic carbocycles. The fraction of sp³-hybridized carbons (Fsp3) is 0.609. The van der Waals surface area contributed by atoms with Crippen LogP contribution in [0.3, 0.4) is 0 Å². The molecule has 11 heteroatoms. The lowest BCUT2D eigenvalue weighted by molar-refractivity contribution is -0.255. The monoisotopic (exact) mass is 787 g/mol. The van der Waals surface area contributed by atoms with Crippen molar-refractivity contribution in [2.24, 2.45) is 22.9 Å². The van der Waals surface area contributed by atoms with Gasteiger partial charge in [-0.25, -0.2) is 4.79 Å². The summed E-state index contributed by atoms with van der Waals surface area (Å²) in [5, 5.41) is 24.7. The van der Waals surface area contributed by atoms with E-state index in [2.05, 4.69) is 30.5 Å². The average Bonchev–Trinajstić information content (AvgIpc) is 4.03. The number of amides is 1. The molecule has 6 unspecified atom stereocenters. The van der Waals surface area contributed by atoms with Crippen molar-refractivity contribution in [3.63, 3.8) is 0 Å². The molecule has 11 nitrogen and oxygen atoms in total. The summed E-state index contributed by atoms with van der Waals surface area (Å²) in [6, 6.07) is 15.2. The molecule has 0 aromatic heterocycles. The molecule has 1 amide bonds. The van der Waals surface area contributed by atoms with Crippen LogP contribution in [-0.4, -0.2) is 102 Å². The maximum Gasteiger partial charge on any atom is 0.410 e. The molecule has 0 bridgehead atoms. The Labute approximate surface area is 339 Å². The summed E-state index contributed by atoms with van der Waals surface area (Å²) in [7, 11) is 0. The molecule has 2 aliphatic heterocycles. The summed E-state index contributed by atoms with van der Waals surface area (Å²) in [5.41, 5.74) is 3.15. The number of rotatable bonds is 21. The molecule has 312 valence electrons. The number of fused-ring (bicyclic) bond motifs is 2. The second-order valence-corrected chi connectivity index (χ2v) is 16.9. The summed E-state index contributed by atoms with van der Waals surface area (Å²) in [6.07, 6.45) is 9.51. The van der Waals surface area contributed by atoms with Gasteiger partial charge in [-0.15, -0.1) is 6.58 Å². The average molecular weight is 788 g/mol. The van der Waals surface area contributed by atoms with Gasteiger partial charge in [-0.2, -0.15) is 0 Å². The molecule has 0 spiro atoms. The molecule has 1 saturated carbocycles. The van der Waals surface area contributed by atoms with Crippen LogP contribution in [0, 0.1) is 17.8 Å². The van der Waals surface area contributed by atoms with E-state index in [0.29, 0.717) is 44.6 Å². The van der Waals surface area contributed by atoms with E-state index in [4.69, 9.17) is 28.9 Å². The summed E-state index contributed by atoms with van der Waals surface area (Å²) in [5.74, 6) is -0.111. The minimum Gasteiger partial charge on any atom is -0.492 e. The van der Waals surface area contributed by atoms with Crippen LogP contribution < -0.4 is 9.47 Å². The first-order valence-electron chi connectivity index (χ1n) is 21.2. The van der Waals surface area contributed by atoms with Gasteiger partial charge in [-0.05, 0) is 94.0 Å². The molecule has 1 saturated heterocycles. The number of oxime groups is 1. The SMILES string of the molecule is C=CCOC12Oc3ccc(OCCN4CC4)cc3C3C(CCCCO)C(CCCCO)C=C(C(=NOC(C)(C)C)CC1N(CCC)C(=O)OCc1ccccc1)C32. The van der Waals surface area contributed by atoms with Crippen LogP contribution in [0.2, 0.25) is 0 Å². The van der Waals surface area contributed by atoms with Crippen molar-refractivity contribution in [3.8, 4) is 11.5 Å². The molecule has 2 fully saturated rings. The Morgan fingerprint density at radius 3 is 2.51 bits per heavy atom. The third-order valence-electron chi connectivity index (χ3n) is 11.6. The quantitative estimate of drug-likeness (QED) is 0.0564. The Balaban J connectivity index is 1.53. The van der Waals surface area contributed by atoms with Gasteiger partial charge in [0.25, 0.3) is 0 Å². The predicted octanol–water partition coefficient (Wildman–Crippen LogP) is 7.86. The molecule has 2 aromatic rings. The highest BCUT2D eigenvalue weighted by Crippen LogP contribution is 2.62. The smallest absolute Gasteiger partial charge is 0.410 e. The second-order valence-electron chi connectivity index (χ2n) is 16.9. The van der Waals surface area contributed by atoms with Crippen LogP contribution in [0.1, 0.15) is 96.1 Å². The van der Waals surface area contributed by atoms with Crippen molar-refractivity contribution >= 4 is 11.8 Å². The molecule has 2 heterocycles. The van der Waals surface area contributed by atoms with Crippen molar-refractivity contribution in [3.05, 3.63) is 84.0 Å². The van der Waals surface area contributed by atoms with Crippen LogP contribution in [-0.2, 0) is 20.9 Å². The summed E-state index contributed by atoms with van der Waals surface area (Å²) < 4.78 is 26.9. The lowest BCUT2D eigenvalue weighted by atomic mass is 9.55. The number of aliphatic hydroxyl groups excluding tert-OH is 2.